The smallest absolute Gasteiger partial charge is 0.165 e. The summed E-state index contributed by atoms with van der Waals surface area (Å²) in [5.74, 6) is 0.776. The molecule has 0 aliphatic rings. The van der Waals surface area contributed by atoms with Gasteiger partial charge in [0.25, 0.3) is 0 Å². The van der Waals surface area contributed by atoms with Gasteiger partial charge in [-0.1, -0.05) is 13.8 Å². The highest BCUT2D eigenvalue weighted by Crippen LogP contribution is 2.25. The molecule has 3 aromatic rings. The number of hydrogen-bond acceptors (Lipinski definition) is 7. The second-order valence-corrected chi connectivity index (χ2v) is 6.65. The molecule has 0 saturated heterocycles. The number of aromatic nitrogens is 5. The number of aliphatic hydroxyl groups excluding tert-OH is 1. The molecule has 1 atom stereocenters. The molecule has 1 unspecified atom stereocenters. The van der Waals surface area contributed by atoms with Crippen molar-refractivity contribution in [2.24, 2.45) is 0 Å². The molecular weight excluding hydrogens is 324 g/mol. The molecule has 0 aromatic carbocycles. The normalized spacial score (nSPS) is 12.7. The predicted octanol–water partition coefficient (Wildman–Crippen LogP) is 2.43. The summed E-state index contributed by atoms with van der Waals surface area (Å²) in [5.41, 5.74) is 2.53. The van der Waals surface area contributed by atoms with Crippen LogP contribution in [0.3, 0.4) is 0 Å². The highest BCUT2D eigenvalue weighted by atomic mass is 32.1. The van der Waals surface area contributed by atoms with E-state index in [9.17, 15) is 5.11 Å². The monoisotopic (exact) mass is 346 g/mol. The van der Waals surface area contributed by atoms with Crippen molar-refractivity contribution in [3.8, 4) is 0 Å². The van der Waals surface area contributed by atoms with Crippen LogP contribution < -0.4 is 4.90 Å². The van der Waals surface area contributed by atoms with Crippen LogP contribution in [0.2, 0.25) is 0 Å². The number of nitrogens with zero attached hydrogens (tertiary/aromatic N) is 6. The fourth-order valence-electron chi connectivity index (χ4n) is 2.70. The van der Waals surface area contributed by atoms with Crippen LogP contribution >= 0.6 is 11.3 Å². The van der Waals surface area contributed by atoms with E-state index in [-0.39, 0.29) is 12.6 Å². The Morgan fingerprint density at radius 3 is 2.79 bits per heavy atom. The lowest BCUT2D eigenvalue weighted by Gasteiger charge is -2.18. The van der Waals surface area contributed by atoms with Gasteiger partial charge in [0.15, 0.2) is 17.0 Å². The minimum Gasteiger partial charge on any atom is -0.394 e. The molecule has 3 rings (SSSR count). The zero-order valence-corrected chi connectivity index (χ0v) is 15.0. The Kier molecular flexibility index (Phi) is 5.06. The zero-order chi connectivity index (χ0) is 17.1. The quantitative estimate of drug-likeness (QED) is 0.708. The number of hydrogen-bond donors (Lipinski definition) is 1. The lowest BCUT2D eigenvalue weighted by atomic mass is 10.2. The Morgan fingerprint density at radius 1 is 1.29 bits per heavy atom. The van der Waals surface area contributed by atoms with Crippen LogP contribution in [-0.4, -0.2) is 43.3 Å². The second kappa shape index (κ2) is 7.23. The number of aliphatic hydroxyl groups is 1. The Balaban J connectivity index is 1.91. The van der Waals surface area contributed by atoms with Gasteiger partial charge in [-0.25, -0.2) is 19.9 Å². The van der Waals surface area contributed by atoms with Gasteiger partial charge in [-0.15, -0.1) is 11.3 Å². The standard InChI is InChI=1S/C16H22N6OS/c1-4-12(7-23)22-10-19-14-15(17-9-18-16(14)22)21(3)6-11-8-24-13(5-2)20-11/h8-10,12,23H,4-7H2,1-3H3. The highest BCUT2D eigenvalue weighted by Gasteiger charge is 2.18. The molecule has 7 nitrogen and oxygen atoms in total. The summed E-state index contributed by atoms with van der Waals surface area (Å²) < 4.78 is 1.92. The third kappa shape index (κ3) is 3.11. The minimum absolute atomic E-state index is 0.0197. The third-order valence-electron chi connectivity index (χ3n) is 4.08. The average molecular weight is 346 g/mol. The van der Waals surface area contributed by atoms with Crippen molar-refractivity contribution < 1.29 is 5.11 Å². The van der Waals surface area contributed by atoms with E-state index in [1.807, 2.05) is 23.4 Å². The fourth-order valence-corrected chi connectivity index (χ4v) is 3.44. The molecule has 0 saturated carbocycles. The SMILES string of the molecule is CCc1nc(CN(C)c2ncnc3c2ncn3C(CC)CO)cs1. The van der Waals surface area contributed by atoms with Crippen LogP contribution in [-0.2, 0) is 13.0 Å². The third-order valence-corrected chi connectivity index (χ3v) is 5.12. The first-order valence-electron chi connectivity index (χ1n) is 8.10. The molecular formula is C16H22N6OS. The van der Waals surface area contributed by atoms with Crippen LogP contribution in [0.4, 0.5) is 5.82 Å². The first-order chi connectivity index (χ1) is 11.7. The summed E-state index contributed by atoms with van der Waals surface area (Å²) in [5, 5.41) is 12.8. The number of fused-ring (bicyclic) bond motifs is 1. The van der Waals surface area contributed by atoms with E-state index in [0.717, 1.165) is 40.5 Å². The van der Waals surface area contributed by atoms with E-state index in [1.54, 1.807) is 24.0 Å². The largest absolute Gasteiger partial charge is 0.394 e. The van der Waals surface area contributed by atoms with Crippen molar-refractivity contribution >= 4 is 28.3 Å². The van der Waals surface area contributed by atoms with Crippen molar-refractivity contribution in [1.82, 2.24) is 24.5 Å². The van der Waals surface area contributed by atoms with Gasteiger partial charge in [-0.3, -0.25) is 0 Å². The molecule has 8 heteroatoms. The number of imidazole rings is 1. The molecule has 3 aromatic heterocycles. The molecule has 0 bridgehead atoms. The van der Waals surface area contributed by atoms with Crippen molar-refractivity contribution in [1.29, 1.82) is 0 Å². The van der Waals surface area contributed by atoms with E-state index >= 15 is 0 Å². The maximum absolute atomic E-state index is 9.55. The topological polar surface area (TPSA) is 80.0 Å². The maximum atomic E-state index is 9.55. The lowest BCUT2D eigenvalue weighted by molar-refractivity contribution is 0.226. The summed E-state index contributed by atoms with van der Waals surface area (Å²) in [4.78, 5) is 19.9. The van der Waals surface area contributed by atoms with Crippen LogP contribution in [0.5, 0.6) is 0 Å². The Morgan fingerprint density at radius 2 is 2.12 bits per heavy atom. The zero-order valence-electron chi connectivity index (χ0n) is 14.2. The van der Waals surface area contributed by atoms with Gasteiger partial charge >= 0.3 is 0 Å². The summed E-state index contributed by atoms with van der Waals surface area (Å²) >= 11 is 1.69. The van der Waals surface area contributed by atoms with Gasteiger partial charge in [-0.05, 0) is 12.8 Å². The van der Waals surface area contributed by atoms with Gasteiger partial charge in [0, 0.05) is 12.4 Å². The minimum atomic E-state index is -0.0197. The van der Waals surface area contributed by atoms with Gasteiger partial charge in [-0.2, -0.15) is 0 Å². The van der Waals surface area contributed by atoms with Gasteiger partial charge in [0.05, 0.1) is 36.2 Å². The van der Waals surface area contributed by atoms with Crippen molar-refractivity contribution in [2.45, 2.75) is 39.3 Å². The average Bonchev–Trinajstić information content (AvgIpc) is 3.23. The van der Waals surface area contributed by atoms with E-state index in [2.05, 4.69) is 32.2 Å². The van der Waals surface area contributed by atoms with E-state index in [4.69, 9.17) is 0 Å². The van der Waals surface area contributed by atoms with Crippen molar-refractivity contribution in [3.63, 3.8) is 0 Å². The molecule has 128 valence electrons. The molecule has 0 amide bonds. The van der Waals surface area contributed by atoms with Crippen LogP contribution in [0.15, 0.2) is 18.0 Å². The van der Waals surface area contributed by atoms with Crippen LogP contribution in [0, 0.1) is 0 Å². The molecule has 3 heterocycles. The van der Waals surface area contributed by atoms with E-state index < -0.39 is 0 Å². The highest BCUT2D eigenvalue weighted by molar-refractivity contribution is 7.09. The number of anilines is 1. The molecule has 0 spiro atoms. The predicted molar refractivity (Wildman–Crippen MR) is 95.3 cm³/mol. The Bertz CT molecular complexity index is 810. The van der Waals surface area contributed by atoms with Crippen LogP contribution in [0.1, 0.15) is 37.0 Å². The number of aryl methyl sites for hydroxylation is 1. The lowest BCUT2D eigenvalue weighted by Crippen LogP contribution is -2.19. The van der Waals surface area contributed by atoms with Gasteiger partial charge in [0.2, 0.25) is 0 Å². The summed E-state index contributed by atoms with van der Waals surface area (Å²) in [6.07, 6.45) is 5.06. The molecule has 0 radical (unpaired) electrons. The first kappa shape index (κ1) is 16.8. The number of thiazole rings is 1. The van der Waals surface area contributed by atoms with Gasteiger partial charge < -0.3 is 14.6 Å². The summed E-state index contributed by atoms with van der Waals surface area (Å²) in [7, 11) is 1.98. The van der Waals surface area contributed by atoms with Crippen molar-refractivity contribution in [3.05, 3.63) is 28.7 Å². The molecule has 0 fully saturated rings. The Labute approximate surface area is 145 Å². The number of rotatable bonds is 7. The Hall–Kier alpha value is -2.06. The maximum Gasteiger partial charge on any atom is 0.165 e. The first-order valence-corrected chi connectivity index (χ1v) is 8.98. The van der Waals surface area contributed by atoms with E-state index in [1.165, 1.54) is 0 Å². The van der Waals surface area contributed by atoms with E-state index in [0.29, 0.717) is 6.54 Å². The summed E-state index contributed by atoms with van der Waals surface area (Å²) in [6.45, 7) is 4.88. The molecule has 1 N–H and O–H groups in total. The fraction of sp³-hybridized carbons (Fsp3) is 0.500. The molecule has 0 aliphatic heterocycles. The van der Waals surface area contributed by atoms with Crippen LogP contribution in [0.25, 0.3) is 11.2 Å². The van der Waals surface area contributed by atoms with Crippen molar-refractivity contribution in [2.75, 3.05) is 18.6 Å². The molecule has 24 heavy (non-hydrogen) atoms. The molecule has 0 aliphatic carbocycles. The second-order valence-electron chi connectivity index (χ2n) is 5.71. The van der Waals surface area contributed by atoms with Gasteiger partial charge in [0.1, 0.15) is 6.33 Å². The summed E-state index contributed by atoms with van der Waals surface area (Å²) in [6, 6.07) is -0.0197.